The SMILES string of the molecule is CN(Cc1noc(CN)n1)C1CCCN(c2ccccc2)C1.Cl.Cl. The molecule has 1 aromatic heterocycles. The molecule has 1 atom stereocenters. The Morgan fingerprint density at radius 1 is 1.29 bits per heavy atom. The first-order valence-corrected chi connectivity index (χ1v) is 7.78. The molecular formula is C16H25Cl2N5O. The van der Waals surface area contributed by atoms with E-state index in [1.165, 1.54) is 18.5 Å². The van der Waals surface area contributed by atoms with E-state index in [0.29, 0.717) is 30.8 Å². The number of likely N-dealkylation sites (N-methyl/N-ethyl adjacent to an activating group) is 1. The van der Waals surface area contributed by atoms with Gasteiger partial charge >= 0.3 is 0 Å². The van der Waals surface area contributed by atoms with Crippen molar-refractivity contribution in [2.45, 2.75) is 32.0 Å². The van der Waals surface area contributed by atoms with Gasteiger partial charge in [-0.2, -0.15) is 4.98 Å². The zero-order chi connectivity index (χ0) is 15.4. The summed E-state index contributed by atoms with van der Waals surface area (Å²) >= 11 is 0. The maximum atomic E-state index is 5.50. The van der Waals surface area contributed by atoms with Crippen LogP contribution in [0.25, 0.3) is 0 Å². The van der Waals surface area contributed by atoms with Crippen LogP contribution >= 0.6 is 24.8 Å². The van der Waals surface area contributed by atoms with Gasteiger partial charge in [0.2, 0.25) is 5.89 Å². The van der Waals surface area contributed by atoms with Crippen LogP contribution in [0.3, 0.4) is 0 Å². The molecule has 8 heteroatoms. The first kappa shape index (κ1) is 20.7. The molecule has 0 spiro atoms. The van der Waals surface area contributed by atoms with Crippen LogP contribution in [0.1, 0.15) is 24.6 Å². The van der Waals surface area contributed by atoms with Gasteiger partial charge in [-0.15, -0.1) is 24.8 Å². The predicted octanol–water partition coefficient (Wildman–Crippen LogP) is 2.47. The number of hydrogen-bond donors (Lipinski definition) is 1. The molecule has 134 valence electrons. The lowest BCUT2D eigenvalue weighted by atomic mass is 10.0. The molecule has 1 aliphatic rings. The number of hydrogen-bond acceptors (Lipinski definition) is 6. The Morgan fingerprint density at radius 3 is 2.71 bits per heavy atom. The van der Waals surface area contributed by atoms with Gasteiger partial charge in [-0.3, -0.25) is 4.90 Å². The van der Waals surface area contributed by atoms with E-state index in [0.717, 1.165) is 13.1 Å². The minimum atomic E-state index is 0. The fourth-order valence-corrected chi connectivity index (χ4v) is 2.98. The Bertz CT molecular complexity index is 595. The minimum absolute atomic E-state index is 0. The van der Waals surface area contributed by atoms with E-state index >= 15 is 0 Å². The van der Waals surface area contributed by atoms with Gasteiger partial charge in [0.1, 0.15) is 0 Å². The van der Waals surface area contributed by atoms with Gasteiger partial charge in [-0.25, -0.2) is 0 Å². The third kappa shape index (κ3) is 5.08. The third-order valence-electron chi connectivity index (χ3n) is 4.22. The minimum Gasteiger partial charge on any atom is -0.370 e. The molecule has 1 aliphatic heterocycles. The monoisotopic (exact) mass is 373 g/mol. The number of para-hydroxylation sites is 1. The van der Waals surface area contributed by atoms with Crippen molar-refractivity contribution in [2.75, 3.05) is 25.0 Å². The summed E-state index contributed by atoms with van der Waals surface area (Å²) in [6.07, 6.45) is 2.39. The van der Waals surface area contributed by atoms with Gasteiger partial charge in [0.15, 0.2) is 5.82 Å². The summed E-state index contributed by atoms with van der Waals surface area (Å²) in [5.74, 6) is 1.21. The summed E-state index contributed by atoms with van der Waals surface area (Å²) in [6, 6.07) is 11.1. The predicted molar refractivity (Wildman–Crippen MR) is 99.8 cm³/mol. The van der Waals surface area contributed by atoms with Gasteiger partial charge in [0.25, 0.3) is 0 Å². The van der Waals surface area contributed by atoms with Gasteiger partial charge in [0, 0.05) is 24.8 Å². The summed E-state index contributed by atoms with van der Waals surface area (Å²) in [6.45, 7) is 3.13. The Kier molecular flexibility index (Phi) is 8.48. The molecule has 1 unspecified atom stereocenters. The third-order valence-corrected chi connectivity index (χ3v) is 4.22. The maximum Gasteiger partial charge on any atom is 0.240 e. The molecule has 0 saturated carbocycles. The fourth-order valence-electron chi connectivity index (χ4n) is 2.98. The van der Waals surface area contributed by atoms with Crippen molar-refractivity contribution in [1.82, 2.24) is 15.0 Å². The number of nitrogens with two attached hydrogens (primary N) is 1. The molecule has 0 bridgehead atoms. The molecule has 24 heavy (non-hydrogen) atoms. The Balaban J connectivity index is 0.00000144. The lowest BCUT2D eigenvalue weighted by Gasteiger charge is -2.38. The van der Waals surface area contributed by atoms with E-state index in [1.807, 2.05) is 0 Å². The zero-order valence-electron chi connectivity index (χ0n) is 13.8. The second kappa shape index (κ2) is 9.84. The molecule has 2 aromatic rings. The van der Waals surface area contributed by atoms with Gasteiger partial charge in [-0.1, -0.05) is 23.4 Å². The average molecular weight is 374 g/mol. The van der Waals surface area contributed by atoms with E-state index in [4.69, 9.17) is 10.3 Å². The van der Waals surface area contributed by atoms with Crippen molar-refractivity contribution < 1.29 is 4.52 Å². The van der Waals surface area contributed by atoms with Gasteiger partial charge in [-0.05, 0) is 32.0 Å². The summed E-state index contributed by atoms with van der Waals surface area (Å²) in [7, 11) is 2.12. The van der Waals surface area contributed by atoms with Crippen LogP contribution in [-0.2, 0) is 13.1 Å². The molecule has 0 aliphatic carbocycles. The van der Waals surface area contributed by atoms with Crippen molar-refractivity contribution in [3.05, 3.63) is 42.0 Å². The quantitative estimate of drug-likeness (QED) is 0.867. The average Bonchev–Trinajstić information content (AvgIpc) is 3.03. The Labute approximate surface area is 155 Å². The molecule has 3 rings (SSSR count). The van der Waals surface area contributed by atoms with E-state index < -0.39 is 0 Å². The van der Waals surface area contributed by atoms with Crippen LogP contribution in [-0.4, -0.2) is 41.2 Å². The van der Waals surface area contributed by atoms with E-state index in [1.54, 1.807) is 0 Å². The smallest absolute Gasteiger partial charge is 0.240 e. The number of halogens is 2. The van der Waals surface area contributed by atoms with E-state index in [9.17, 15) is 0 Å². The molecule has 6 nitrogen and oxygen atoms in total. The number of rotatable bonds is 5. The van der Waals surface area contributed by atoms with Crippen LogP contribution < -0.4 is 10.6 Å². The first-order valence-electron chi connectivity index (χ1n) is 7.78. The van der Waals surface area contributed by atoms with Crippen molar-refractivity contribution >= 4 is 30.5 Å². The second-order valence-electron chi connectivity index (χ2n) is 5.80. The fraction of sp³-hybridized carbons (Fsp3) is 0.500. The van der Waals surface area contributed by atoms with E-state index in [2.05, 4.69) is 57.3 Å². The van der Waals surface area contributed by atoms with Crippen molar-refractivity contribution in [3.63, 3.8) is 0 Å². The van der Waals surface area contributed by atoms with Crippen molar-refractivity contribution in [1.29, 1.82) is 0 Å². The van der Waals surface area contributed by atoms with Crippen LogP contribution in [0, 0.1) is 0 Å². The summed E-state index contributed by atoms with van der Waals surface area (Å²) in [4.78, 5) is 9.04. The number of aromatic nitrogens is 2. The number of benzene rings is 1. The molecule has 1 aromatic carbocycles. The Hall–Kier alpha value is -1.34. The highest BCUT2D eigenvalue weighted by Crippen LogP contribution is 2.22. The molecule has 1 fully saturated rings. The van der Waals surface area contributed by atoms with Crippen LogP contribution in [0.15, 0.2) is 34.9 Å². The highest BCUT2D eigenvalue weighted by atomic mass is 35.5. The van der Waals surface area contributed by atoms with E-state index in [-0.39, 0.29) is 24.8 Å². The van der Waals surface area contributed by atoms with Crippen LogP contribution in [0.5, 0.6) is 0 Å². The molecular weight excluding hydrogens is 349 g/mol. The number of piperidine rings is 1. The topological polar surface area (TPSA) is 71.4 Å². The molecule has 0 radical (unpaired) electrons. The molecule has 1 saturated heterocycles. The summed E-state index contributed by atoms with van der Waals surface area (Å²) in [5, 5.41) is 3.98. The standard InChI is InChI=1S/C16H23N5O.2ClH/c1-20(12-15-18-16(10-17)22-19-15)14-8-5-9-21(11-14)13-6-3-2-4-7-13;;/h2-4,6-7,14H,5,8-12,17H2,1H3;2*1H. The number of anilines is 1. The summed E-state index contributed by atoms with van der Waals surface area (Å²) in [5.41, 5.74) is 6.80. The van der Waals surface area contributed by atoms with Gasteiger partial charge < -0.3 is 15.2 Å². The largest absolute Gasteiger partial charge is 0.370 e. The highest BCUT2D eigenvalue weighted by molar-refractivity contribution is 5.85. The van der Waals surface area contributed by atoms with Crippen LogP contribution in [0.4, 0.5) is 5.69 Å². The van der Waals surface area contributed by atoms with Crippen molar-refractivity contribution in [2.24, 2.45) is 5.73 Å². The maximum absolute atomic E-state index is 5.50. The molecule has 2 heterocycles. The highest BCUT2D eigenvalue weighted by Gasteiger charge is 2.24. The van der Waals surface area contributed by atoms with Gasteiger partial charge in [0.05, 0.1) is 13.1 Å². The number of nitrogens with zero attached hydrogens (tertiary/aromatic N) is 4. The second-order valence-corrected chi connectivity index (χ2v) is 5.80. The first-order chi connectivity index (χ1) is 10.8. The summed E-state index contributed by atoms with van der Waals surface area (Å²) < 4.78 is 5.07. The Morgan fingerprint density at radius 2 is 2.04 bits per heavy atom. The zero-order valence-corrected chi connectivity index (χ0v) is 15.4. The normalized spacial score (nSPS) is 17.3. The lowest BCUT2D eigenvalue weighted by molar-refractivity contribution is 0.201. The van der Waals surface area contributed by atoms with Crippen molar-refractivity contribution in [3.8, 4) is 0 Å². The molecule has 2 N–H and O–H groups in total. The molecule has 0 amide bonds. The lowest BCUT2D eigenvalue weighted by Crippen LogP contribution is -2.46. The van der Waals surface area contributed by atoms with Crippen LogP contribution in [0.2, 0.25) is 0 Å².